The van der Waals surface area contributed by atoms with Crippen LogP contribution in [0, 0.1) is 0 Å². The Kier molecular flexibility index (Phi) is 6.06. The molecule has 0 aromatic heterocycles. The number of thioether (sulfide) groups is 1. The van der Waals surface area contributed by atoms with Gasteiger partial charge in [-0.05, 0) is 29.8 Å². The Balaban J connectivity index is 1.56. The third-order valence-corrected chi connectivity index (χ3v) is 5.03. The number of nitrogens with zero attached hydrogens (tertiary/aromatic N) is 2. The van der Waals surface area contributed by atoms with Crippen molar-refractivity contribution < 1.29 is 4.74 Å². The largest absolute Gasteiger partial charge is 0.497 e. The summed E-state index contributed by atoms with van der Waals surface area (Å²) in [7, 11) is 1.64. The molecule has 6 heteroatoms. The zero-order chi connectivity index (χ0) is 17.5. The molecule has 1 aliphatic rings. The summed E-state index contributed by atoms with van der Waals surface area (Å²) in [6, 6.07) is 16.2. The highest BCUT2D eigenvalue weighted by Crippen LogP contribution is 2.20. The van der Waals surface area contributed by atoms with Crippen molar-refractivity contribution in [3.05, 3.63) is 54.1 Å². The van der Waals surface area contributed by atoms with Gasteiger partial charge in [-0.3, -0.25) is 0 Å². The first-order valence-electron chi connectivity index (χ1n) is 8.37. The Morgan fingerprint density at radius 3 is 2.68 bits per heavy atom. The third kappa shape index (κ3) is 5.06. The fraction of sp³-hybridized carbons (Fsp3) is 0.316. The number of hydrogen-bond donors (Lipinski definition) is 2. The minimum absolute atomic E-state index is 0.394. The first-order chi connectivity index (χ1) is 12.2. The number of ether oxygens (including phenoxy) is 1. The lowest BCUT2D eigenvalue weighted by Crippen LogP contribution is -2.32. The molecule has 3 rings (SSSR count). The maximum absolute atomic E-state index is 5.98. The lowest BCUT2D eigenvalue weighted by molar-refractivity contribution is 0.415. The zero-order valence-corrected chi connectivity index (χ0v) is 15.3. The molecule has 0 atom stereocenters. The summed E-state index contributed by atoms with van der Waals surface area (Å²) in [5.41, 5.74) is 9.27. The Morgan fingerprint density at radius 1 is 1.20 bits per heavy atom. The molecule has 1 saturated heterocycles. The molecular weight excluding hydrogens is 332 g/mol. The van der Waals surface area contributed by atoms with Crippen LogP contribution >= 0.6 is 11.8 Å². The van der Waals surface area contributed by atoms with Crippen LogP contribution in [0.2, 0.25) is 0 Å². The van der Waals surface area contributed by atoms with Gasteiger partial charge in [-0.25, -0.2) is 4.99 Å². The smallest absolute Gasteiger partial charge is 0.193 e. The molecule has 0 unspecified atom stereocenters. The van der Waals surface area contributed by atoms with Gasteiger partial charge in [-0.2, -0.15) is 11.8 Å². The number of rotatable bonds is 5. The Hall–Kier alpha value is -2.34. The predicted molar refractivity (Wildman–Crippen MR) is 108 cm³/mol. The van der Waals surface area contributed by atoms with Crippen LogP contribution in [0.5, 0.6) is 5.75 Å². The fourth-order valence-corrected chi connectivity index (χ4v) is 3.60. The molecule has 0 aliphatic carbocycles. The van der Waals surface area contributed by atoms with Crippen molar-refractivity contribution in [3.8, 4) is 5.75 Å². The molecule has 0 bridgehead atoms. The van der Waals surface area contributed by atoms with Gasteiger partial charge in [0.25, 0.3) is 0 Å². The molecule has 2 aromatic rings. The average molecular weight is 356 g/mol. The van der Waals surface area contributed by atoms with E-state index in [-0.39, 0.29) is 0 Å². The van der Waals surface area contributed by atoms with Crippen LogP contribution in [-0.2, 0) is 6.54 Å². The van der Waals surface area contributed by atoms with E-state index < -0.39 is 0 Å². The summed E-state index contributed by atoms with van der Waals surface area (Å²) in [4.78, 5) is 6.85. The van der Waals surface area contributed by atoms with Crippen LogP contribution in [0.3, 0.4) is 0 Å². The molecule has 0 saturated carbocycles. The van der Waals surface area contributed by atoms with E-state index in [1.807, 2.05) is 36.0 Å². The van der Waals surface area contributed by atoms with Crippen molar-refractivity contribution in [2.75, 3.05) is 41.9 Å². The number of nitrogens with one attached hydrogen (secondary N) is 1. The molecule has 25 heavy (non-hydrogen) atoms. The van der Waals surface area contributed by atoms with E-state index in [1.165, 1.54) is 17.2 Å². The average Bonchev–Trinajstić information content (AvgIpc) is 2.67. The Labute approximate surface area is 153 Å². The van der Waals surface area contributed by atoms with Gasteiger partial charge in [0.1, 0.15) is 5.75 Å². The number of nitrogens with two attached hydrogens (primary N) is 1. The van der Waals surface area contributed by atoms with Gasteiger partial charge in [0.15, 0.2) is 5.96 Å². The molecule has 0 amide bonds. The lowest BCUT2D eigenvalue weighted by atomic mass is 10.2. The van der Waals surface area contributed by atoms with Gasteiger partial charge in [-0.1, -0.05) is 18.2 Å². The number of anilines is 2. The van der Waals surface area contributed by atoms with Crippen molar-refractivity contribution in [2.24, 2.45) is 10.7 Å². The van der Waals surface area contributed by atoms with Crippen molar-refractivity contribution in [2.45, 2.75) is 6.54 Å². The molecule has 1 aliphatic heterocycles. The summed E-state index contributed by atoms with van der Waals surface area (Å²) in [6.07, 6.45) is 0. The van der Waals surface area contributed by atoms with Crippen molar-refractivity contribution in [1.82, 2.24) is 0 Å². The Morgan fingerprint density at radius 2 is 1.96 bits per heavy atom. The van der Waals surface area contributed by atoms with Crippen LogP contribution < -0.4 is 20.7 Å². The fourth-order valence-electron chi connectivity index (χ4n) is 2.70. The van der Waals surface area contributed by atoms with Crippen LogP contribution in [0.4, 0.5) is 11.4 Å². The molecule has 132 valence electrons. The van der Waals surface area contributed by atoms with E-state index in [0.29, 0.717) is 12.5 Å². The SMILES string of the molecule is COc1cccc(NC(N)=NCc2ccc(N3CCSCC3)cc2)c1. The highest BCUT2D eigenvalue weighted by atomic mass is 32.2. The maximum Gasteiger partial charge on any atom is 0.193 e. The maximum atomic E-state index is 5.98. The monoisotopic (exact) mass is 356 g/mol. The molecule has 1 fully saturated rings. The van der Waals surface area contributed by atoms with Crippen molar-refractivity contribution >= 4 is 29.1 Å². The summed E-state index contributed by atoms with van der Waals surface area (Å²) in [6.45, 7) is 2.80. The minimum Gasteiger partial charge on any atom is -0.497 e. The van der Waals surface area contributed by atoms with E-state index in [2.05, 4.69) is 39.5 Å². The van der Waals surface area contributed by atoms with Crippen LogP contribution in [-0.4, -0.2) is 37.7 Å². The summed E-state index contributed by atoms with van der Waals surface area (Å²) >= 11 is 2.02. The number of benzene rings is 2. The van der Waals surface area contributed by atoms with E-state index in [1.54, 1.807) is 7.11 Å². The molecule has 5 nitrogen and oxygen atoms in total. The van der Waals surface area contributed by atoms with E-state index in [4.69, 9.17) is 10.5 Å². The second kappa shape index (κ2) is 8.67. The lowest BCUT2D eigenvalue weighted by Gasteiger charge is -2.28. The highest BCUT2D eigenvalue weighted by Gasteiger charge is 2.10. The third-order valence-electron chi connectivity index (χ3n) is 4.09. The molecule has 2 aromatic carbocycles. The van der Waals surface area contributed by atoms with Crippen LogP contribution in [0.15, 0.2) is 53.5 Å². The quantitative estimate of drug-likeness (QED) is 0.636. The summed E-state index contributed by atoms with van der Waals surface area (Å²) in [5, 5.41) is 3.09. The molecule has 1 heterocycles. The van der Waals surface area contributed by atoms with Crippen LogP contribution in [0.25, 0.3) is 0 Å². The molecule has 0 spiro atoms. The van der Waals surface area contributed by atoms with E-state index in [0.717, 1.165) is 30.1 Å². The minimum atomic E-state index is 0.394. The number of aliphatic imine (C=N–C) groups is 1. The van der Waals surface area contributed by atoms with Crippen molar-refractivity contribution in [1.29, 1.82) is 0 Å². The number of hydrogen-bond acceptors (Lipinski definition) is 4. The highest BCUT2D eigenvalue weighted by molar-refractivity contribution is 7.99. The summed E-state index contributed by atoms with van der Waals surface area (Å²) in [5.74, 6) is 3.59. The Bertz CT molecular complexity index is 712. The zero-order valence-electron chi connectivity index (χ0n) is 14.4. The first kappa shape index (κ1) is 17.5. The second-order valence-electron chi connectivity index (χ2n) is 5.82. The predicted octanol–water partition coefficient (Wildman–Crippen LogP) is 3.18. The van der Waals surface area contributed by atoms with Gasteiger partial charge in [0, 0.05) is 42.0 Å². The van der Waals surface area contributed by atoms with Gasteiger partial charge in [-0.15, -0.1) is 0 Å². The number of guanidine groups is 1. The van der Waals surface area contributed by atoms with Gasteiger partial charge < -0.3 is 20.7 Å². The second-order valence-corrected chi connectivity index (χ2v) is 7.05. The first-order valence-corrected chi connectivity index (χ1v) is 9.53. The normalized spacial score (nSPS) is 15.1. The van der Waals surface area contributed by atoms with Gasteiger partial charge in [0.05, 0.1) is 13.7 Å². The van der Waals surface area contributed by atoms with Gasteiger partial charge >= 0.3 is 0 Å². The van der Waals surface area contributed by atoms with E-state index in [9.17, 15) is 0 Å². The summed E-state index contributed by atoms with van der Waals surface area (Å²) < 4.78 is 5.20. The standard InChI is InChI=1S/C19H24N4OS/c1-24-18-4-2-3-16(13-18)22-19(20)21-14-15-5-7-17(8-6-15)23-9-11-25-12-10-23/h2-8,13H,9-12,14H2,1H3,(H3,20,21,22). The van der Waals surface area contributed by atoms with Gasteiger partial charge in [0.2, 0.25) is 0 Å². The number of methoxy groups -OCH3 is 1. The molecule has 0 radical (unpaired) electrons. The topological polar surface area (TPSA) is 62.9 Å². The van der Waals surface area contributed by atoms with Crippen LogP contribution in [0.1, 0.15) is 5.56 Å². The molecule has 3 N–H and O–H groups in total. The molecular formula is C19H24N4OS. The van der Waals surface area contributed by atoms with E-state index >= 15 is 0 Å². The van der Waals surface area contributed by atoms with Crippen molar-refractivity contribution in [3.63, 3.8) is 0 Å².